The summed E-state index contributed by atoms with van der Waals surface area (Å²) in [6.07, 6.45) is 6.28. The van der Waals surface area contributed by atoms with Crippen LogP contribution in [0.5, 0.6) is 0 Å². The first-order valence-electron chi connectivity index (χ1n) is 6.12. The molecule has 1 aromatic heterocycles. The SMILES string of the molecule is CC(C)(C)c1cnc(F)c(CCC2CC2)c1. The van der Waals surface area contributed by atoms with Gasteiger partial charge >= 0.3 is 0 Å². The monoisotopic (exact) mass is 221 g/mol. The maximum Gasteiger partial charge on any atom is 0.216 e. The molecule has 1 saturated carbocycles. The third-order valence-corrected chi connectivity index (χ3v) is 3.30. The van der Waals surface area contributed by atoms with E-state index in [0.29, 0.717) is 0 Å². The van der Waals surface area contributed by atoms with Gasteiger partial charge in [-0.1, -0.05) is 33.6 Å². The van der Waals surface area contributed by atoms with Crippen molar-refractivity contribution in [3.63, 3.8) is 0 Å². The van der Waals surface area contributed by atoms with Gasteiger partial charge in [0, 0.05) is 11.8 Å². The van der Waals surface area contributed by atoms with Crippen LogP contribution in [-0.4, -0.2) is 4.98 Å². The first-order valence-corrected chi connectivity index (χ1v) is 6.12. The Labute approximate surface area is 97.1 Å². The summed E-state index contributed by atoms with van der Waals surface area (Å²) in [7, 11) is 0. The number of pyridine rings is 1. The summed E-state index contributed by atoms with van der Waals surface area (Å²) >= 11 is 0. The Hall–Kier alpha value is -0.920. The molecule has 1 aliphatic rings. The molecule has 0 atom stereocenters. The molecule has 0 N–H and O–H groups in total. The average molecular weight is 221 g/mol. The first kappa shape index (κ1) is 11.6. The fraction of sp³-hybridized carbons (Fsp3) is 0.643. The van der Waals surface area contributed by atoms with Crippen molar-refractivity contribution in [2.45, 2.75) is 51.9 Å². The molecule has 1 fully saturated rings. The van der Waals surface area contributed by atoms with Crippen LogP contribution in [0.25, 0.3) is 0 Å². The second-order valence-corrected chi connectivity index (χ2v) is 5.91. The lowest BCUT2D eigenvalue weighted by Gasteiger charge is -2.19. The van der Waals surface area contributed by atoms with Crippen LogP contribution >= 0.6 is 0 Å². The zero-order valence-electron chi connectivity index (χ0n) is 10.4. The number of halogens is 1. The molecule has 0 radical (unpaired) electrons. The highest BCUT2D eigenvalue weighted by Gasteiger charge is 2.22. The molecule has 0 bridgehead atoms. The zero-order valence-corrected chi connectivity index (χ0v) is 10.4. The smallest absolute Gasteiger partial charge is 0.216 e. The third-order valence-electron chi connectivity index (χ3n) is 3.30. The molecule has 0 aromatic carbocycles. The van der Waals surface area contributed by atoms with Gasteiger partial charge in [0.15, 0.2) is 0 Å². The van der Waals surface area contributed by atoms with Crippen molar-refractivity contribution in [2.75, 3.05) is 0 Å². The number of rotatable bonds is 3. The Morgan fingerprint density at radius 2 is 2.06 bits per heavy atom. The van der Waals surface area contributed by atoms with E-state index in [1.807, 2.05) is 6.07 Å². The summed E-state index contributed by atoms with van der Waals surface area (Å²) in [5.41, 5.74) is 1.97. The molecule has 1 aliphatic carbocycles. The van der Waals surface area contributed by atoms with Crippen molar-refractivity contribution in [3.8, 4) is 0 Å². The number of aryl methyl sites for hydroxylation is 1. The average Bonchev–Trinajstić information content (AvgIpc) is 2.98. The lowest BCUT2D eigenvalue weighted by molar-refractivity contribution is 0.540. The molecule has 16 heavy (non-hydrogen) atoms. The van der Waals surface area contributed by atoms with Crippen LogP contribution in [0.3, 0.4) is 0 Å². The van der Waals surface area contributed by atoms with Crippen LogP contribution in [0.2, 0.25) is 0 Å². The van der Waals surface area contributed by atoms with E-state index in [2.05, 4.69) is 25.8 Å². The quantitative estimate of drug-likeness (QED) is 0.706. The van der Waals surface area contributed by atoms with Gasteiger partial charge < -0.3 is 0 Å². The standard InChI is InChI=1S/C14H20FN/c1-14(2,3)12-8-11(13(15)16-9-12)7-6-10-4-5-10/h8-10H,4-7H2,1-3H3. The molecule has 0 aliphatic heterocycles. The van der Waals surface area contributed by atoms with Gasteiger partial charge in [0.1, 0.15) is 0 Å². The number of aromatic nitrogens is 1. The van der Waals surface area contributed by atoms with Crippen molar-refractivity contribution >= 4 is 0 Å². The zero-order chi connectivity index (χ0) is 11.8. The minimum Gasteiger partial charge on any atom is -0.228 e. The van der Waals surface area contributed by atoms with E-state index in [1.165, 1.54) is 12.8 Å². The van der Waals surface area contributed by atoms with Crippen molar-refractivity contribution < 1.29 is 4.39 Å². The van der Waals surface area contributed by atoms with E-state index in [-0.39, 0.29) is 11.4 Å². The van der Waals surface area contributed by atoms with Gasteiger partial charge in [-0.15, -0.1) is 0 Å². The molecule has 1 heterocycles. The van der Waals surface area contributed by atoms with Gasteiger partial charge in [0.05, 0.1) is 0 Å². The largest absolute Gasteiger partial charge is 0.228 e. The van der Waals surface area contributed by atoms with E-state index >= 15 is 0 Å². The second-order valence-electron chi connectivity index (χ2n) is 5.91. The van der Waals surface area contributed by atoms with Crippen LogP contribution in [0.1, 0.15) is 51.2 Å². The van der Waals surface area contributed by atoms with Gasteiger partial charge in [-0.05, 0) is 35.8 Å². The molecule has 2 heteroatoms. The van der Waals surface area contributed by atoms with Gasteiger partial charge in [-0.25, -0.2) is 4.98 Å². The highest BCUT2D eigenvalue weighted by molar-refractivity contribution is 5.25. The van der Waals surface area contributed by atoms with E-state index in [4.69, 9.17) is 0 Å². The summed E-state index contributed by atoms with van der Waals surface area (Å²) in [6, 6.07) is 1.99. The molecular weight excluding hydrogens is 201 g/mol. The topological polar surface area (TPSA) is 12.9 Å². The lowest BCUT2D eigenvalue weighted by atomic mass is 9.87. The Kier molecular flexibility index (Phi) is 3.00. The second kappa shape index (κ2) is 4.15. The highest BCUT2D eigenvalue weighted by atomic mass is 19.1. The normalized spacial score (nSPS) is 16.5. The molecule has 0 unspecified atom stereocenters. The maximum absolute atomic E-state index is 13.5. The van der Waals surface area contributed by atoms with Crippen LogP contribution in [-0.2, 0) is 11.8 Å². The van der Waals surface area contributed by atoms with Crippen molar-refractivity contribution in [1.29, 1.82) is 0 Å². The van der Waals surface area contributed by atoms with Gasteiger partial charge in [0.25, 0.3) is 0 Å². The number of hydrogen-bond acceptors (Lipinski definition) is 1. The Bertz CT molecular complexity index is 375. The Balaban J connectivity index is 2.14. The molecule has 1 aromatic rings. The first-order chi connectivity index (χ1) is 7.47. The predicted molar refractivity (Wildman–Crippen MR) is 63.9 cm³/mol. The lowest BCUT2D eigenvalue weighted by Crippen LogP contribution is -2.13. The summed E-state index contributed by atoms with van der Waals surface area (Å²) in [5.74, 6) is 0.561. The molecule has 0 saturated heterocycles. The number of hydrogen-bond donors (Lipinski definition) is 0. The Morgan fingerprint density at radius 1 is 1.38 bits per heavy atom. The van der Waals surface area contributed by atoms with Gasteiger partial charge in [-0.3, -0.25) is 0 Å². The van der Waals surface area contributed by atoms with Gasteiger partial charge in [-0.2, -0.15) is 4.39 Å². The fourth-order valence-electron chi connectivity index (χ4n) is 1.85. The third kappa shape index (κ3) is 2.81. The van der Waals surface area contributed by atoms with E-state index in [1.54, 1.807) is 6.20 Å². The summed E-state index contributed by atoms with van der Waals surface area (Å²) in [4.78, 5) is 3.88. The van der Waals surface area contributed by atoms with E-state index in [0.717, 1.165) is 29.9 Å². The highest BCUT2D eigenvalue weighted by Crippen LogP contribution is 2.34. The minimum atomic E-state index is -0.284. The van der Waals surface area contributed by atoms with Crippen LogP contribution in [0.4, 0.5) is 4.39 Å². The predicted octanol–water partition coefficient (Wildman–Crippen LogP) is 3.86. The maximum atomic E-state index is 13.5. The fourth-order valence-corrected chi connectivity index (χ4v) is 1.85. The Morgan fingerprint density at radius 3 is 2.62 bits per heavy atom. The van der Waals surface area contributed by atoms with E-state index < -0.39 is 0 Å². The summed E-state index contributed by atoms with van der Waals surface area (Å²) in [6.45, 7) is 6.39. The minimum absolute atomic E-state index is 0.0506. The van der Waals surface area contributed by atoms with Gasteiger partial charge in [0.2, 0.25) is 5.95 Å². The molecule has 0 amide bonds. The number of nitrogens with zero attached hydrogens (tertiary/aromatic N) is 1. The molecule has 88 valence electrons. The molecule has 0 spiro atoms. The van der Waals surface area contributed by atoms with Crippen LogP contribution in [0, 0.1) is 11.9 Å². The van der Waals surface area contributed by atoms with E-state index in [9.17, 15) is 4.39 Å². The van der Waals surface area contributed by atoms with Crippen molar-refractivity contribution in [2.24, 2.45) is 5.92 Å². The van der Waals surface area contributed by atoms with Crippen molar-refractivity contribution in [3.05, 3.63) is 29.3 Å². The molecule has 1 nitrogen and oxygen atoms in total. The summed E-state index contributed by atoms with van der Waals surface area (Å²) in [5, 5.41) is 0. The molecular formula is C14H20FN. The summed E-state index contributed by atoms with van der Waals surface area (Å²) < 4.78 is 13.5. The van der Waals surface area contributed by atoms with Crippen molar-refractivity contribution in [1.82, 2.24) is 4.98 Å². The van der Waals surface area contributed by atoms with Crippen LogP contribution < -0.4 is 0 Å². The molecule has 2 rings (SSSR count). The van der Waals surface area contributed by atoms with Crippen LogP contribution in [0.15, 0.2) is 12.3 Å².